The van der Waals surface area contributed by atoms with E-state index in [4.69, 9.17) is 0 Å². The molecule has 0 bridgehead atoms. The summed E-state index contributed by atoms with van der Waals surface area (Å²) in [6.07, 6.45) is 3.52. The number of azo groups is 1. The summed E-state index contributed by atoms with van der Waals surface area (Å²) in [4.78, 5) is 30.6. The molecule has 0 saturated carbocycles. The van der Waals surface area contributed by atoms with E-state index in [1.54, 1.807) is 23.2 Å². The number of rotatable bonds is 4. The van der Waals surface area contributed by atoms with Crippen molar-refractivity contribution < 1.29 is 14.0 Å². The average molecular weight is 457 g/mol. The molecule has 2 amide bonds. The van der Waals surface area contributed by atoms with Crippen LogP contribution in [0.1, 0.15) is 34.7 Å². The van der Waals surface area contributed by atoms with Gasteiger partial charge in [0.05, 0.1) is 23.8 Å². The van der Waals surface area contributed by atoms with Gasteiger partial charge in [-0.25, -0.2) is 4.39 Å². The van der Waals surface area contributed by atoms with Gasteiger partial charge in [-0.15, -0.1) is 15.3 Å². The molecule has 1 aromatic carbocycles. The van der Waals surface area contributed by atoms with Crippen LogP contribution in [0.4, 0.5) is 4.39 Å². The predicted molar refractivity (Wildman–Crippen MR) is 120 cm³/mol. The third kappa shape index (κ3) is 3.94. The van der Waals surface area contributed by atoms with Crippen LogP contribution in [0.3, 0.4) is 0 Å². The van der Waals surface area contributed by atoms with Crippen molar-refractivity contribution >= 4 is 11.8 Å². The SMILES string of the molecule is C=C1C=C(Cc2ccc(F)c(C(=O)N3Cc4nnc(-c5ccccn5)n4C(C)C3)c2)N=NC1=O. The van der Waals surface area contributed by atoms with E-state index in [0.29, 0.717) is 35.1 Å². The van der Waals surface area contributed by atoms with Crippen molar-refractivity contribution in [3.05, 3.63) is 89.3 Å². The number of amides is 2. The number of nitrogens with zero attached hydrogens (tertiary/aromatic N) is 7. The van der Waals surface area contributed by atoms with Gasteiger partial charge in [0.25, 0.3) is 11.8 Å². The number of hydrogen-bond donors (Lipinski definition) is 0. The number of halogens is 1. The van der Waals surface area contributed by atoms with E-state index in [9.17, 15) is 14.0 Å². The van der Waals surface area contributed by atoms with E-state index < -0.39 is 17.6 Å². The molecular weight excluding hydrogens is 437 g/mol. The summed E-state index contributed by atoms with van der Waals surface area (Å²) in [7, 11) is 0. The van der Waals surface area contributed by atoms with Crippen molar-refractivity contribution in [2.45, 2.75) is 25.9 Å². The maximum atomic E-state index is 14.7. The Morgan fingerprint density at radius 1 is 1.21 bits per heavy atom. The zero-order valence-corrected chi connectivity index (χ0v) is 18.3. The molecule has 0 radical (unpaired) electrons. The van der Waals surface area contributed by atoms with Gasteiger partial charge in [0.1, 0.15) is 11.5 Å². The molecule has 1 unspecified atom stereocenters. The highest BCUT2D eigenvalue weighted by Crippen LogP contribution is 2.28. The number of benzene rings is 1. The Kier molecular flexibility index (Phi) is 5.40. The smallest absolute Gasteiger partial charge is 0.294 e. The zero-order valence-electron chi connectivity index (χ0n) is 18.3. The lowest BCUT2D eigenvalue weighted by Gasteiger charge is -2.32. The van der Waals surface area contributed by atoms with Crippen molar-refractivity contribution in [2.24, 2.45) is 10.2 Å². The monoisotopic (exact) mass is 457 g/mol. The molecule has 0 aliphatic carbocycles. The summed E-state index contributed by atoms with van der Waals surface area (Å²) in [5.41, 5.74) is 2.08. The first-order valence-electron chi connectivity index (χ1n) is 10.7. The molecule has 3 aromatic rings. The van der Waals surface area contributed by atoms with Gasteiger partial charge in [0, 0.05) is 24.7 Å². The number of carbonyl (C=O) groups is 2. The van der Waals surface area contributed by atoms with Crippen molar-refractivity contribution in [1.82, 2.24) is 24.6 Å². The zero-order chi connectivity index (χ0) is 23.8. The molecule has 2 aliphatic heterocycles. The largest absolute Gasteiger partial charge is 0.329 e. The fourth-order valence-corrected chi connectivity index (χ4v) is 4.13. The Hall–Kier alpha value is -4.34. The molecule has 4 heterocycles. The van der Waals surface area contributed by atoms with Crippen LogP contribution in [-0.4, -0.2) is 43.0 Å². The normalized spacial score (nSPS) is 17.5. The molecule has 34 heavy (non-hydrogen) atoms. The van der Waals surface area contributed by atoms with Gasteiger partial charge in [-0.2, -0.15) is 5.11 Å². The number of allylic oxidation sites excluding steroid dienone is 1. The molecule has 0 spiro atoms. The Bertz CT molecular complexity index is 1380. The molecule has 170 valence electrons. The van der Waals surface area contributed by atoms with Crippen molar-refractivity contribution in [1.29, 1.82) is 0 Å². The minimum Gasteiger partial charge on any atom is -0.329 e. The fourth-order valence-electron chi connectivity index (χ4n) is 4.13. The summed E-state index contributed by atoms with van der Waals surface area (Å²) in [6, 6.07) is 9.79. The second-order valence-electron chi connectivity index (χ2n) is 8.22. The van der Waals surface area contributed by atoms with Gasteiger partial charge < -0.3 is 9.47 Å². The average Bonchev–Trinajstić information content (AvgIpc) is 3.27. The maximum absolute atomic E-state index is 14.7. The van der Waals surface area contributed by atoms with E-state index in [2.05, 4.69) is 32.0 Å². The highest BCUT2D eigenvalue weighted by atomic mass is 19.1. The predicted octanol–water partition coefficient (Wildman–Crippen LogP) is 3.67. The standard InChI is InChI=1S/C24H20FN7O2/c1-14-9-17(27-30-23(14)33)10-16-6-7-19(25)18(11-16)24(34)31-12-15(2)32-21(13-31)28-29-22(32)20-5-3-4-8-26-20/h3-9,11,15H,1,10,12-13H2,2H3. The molecule has 2 aromatic heterocycles. The Balaban J connectivity index is 1.38. The summed E-state index contributed by atoms with van der Waals surface area (Å²) < 4.78 is 16.6. The summed E-state index contributed by atoms with van der Waals surface area (Å²) in [6.45, 7) is 6.17. The van der Waals surface area contributed by atoms with Gasteiger partial charge in [-0.3, -0.25) is 14.6 Å². The Labute approximate surface area is 194 Å². The fraction of sp³-hybridized carbons (Fsp3) is 0.208. The maximum Gasteiger partial charge on any atom is 0.294 e. The number of fused-ring (bicyclic) bond motifs is 1. The number of carbonyl (C=O) groups excluding carboxylic acids is 2. The molecule has 2 aliphatic rings. The van der Waals surface area contributed by atoms with Crippen LogP contribution in [-0.2, 0) is 17.8 Å². The van der Waals surface area contributed by atoms with E-state index in [-0.39, 0.29) is 30.1 Å². The first-order valence-corrected chi connectivity index (χ1v) is 10.7. The van der Waals surface area contributed by atoms with Gasteiger partial charge in [-0.1, -0.05) is 18.7 Å². The lowest BCUT2D eigenvalue weighted by atomic mass is 10.0. The molecule has 9 nitrogen and oxygen atoms in total. The van der Waals surface area contributed by atoms with Crippen LogP contribution >= 0.6 is 0 Å². The Morgan fingerprint density at radius 2 is 2.06 bits per heavy atom. The first kappa shape index (κ1) is 21.5. The molecule has 10 heteroatoms. The highest BCUT2D eigenvalue weighted by molar-refractivity contribution is 5.97. The quantitative estimate of drug-likeness (QED) is 0.556. The molecule has 1 atom stereocenters. The molecule has 0 saturated heterocycles. The van der Waals surface area contributed by atoms with Crippen LogP contribution in [0.25, 0.3) is 11.5 Å². The topological polar surface area (TPSA) is 106 Å². The van der Waals surface area contributed by atoms with Crippen LogP contribution in [0.2, 0.25) is 0 Å². The molecule has 5 rings (SSSR count). The van der Waals surface area contributed by atoms with Crippen LogP contribution in [0.5, 0.6) is 0 Å². The van der Waals surface area contributed by atoms with Crippen LogP contribution in [0, 0.1) is 5.82 Å². The van der Waals surface area contributed by atoms with Gasteiger partial charge >= 0.3 is 0 Å². The van der Waals surface area contributed by atoms with Gasteiger partial charge in [0.15, 0.2) is 11.6 Å². The highest BCUT2D eigenvalue weighted by Gasteiger charge is 2.31. The van der Waals surface area contributed by atoms with E-state index in [1.165, 1.54) is 12.1 Å². The lowest BCUT2D eigenvalue weighted by molar-refractivity contribution is -0.114. The third-order valence-corrected chi connectivity index (χ3v) is 5.74. The molecule has 0 N–H and O–H groups in total. The van der Waals surface area contributed by atoms with E-state index >= 15 is 0 Å². The third-order valence-electron chi connectivity index (χ3n) is 5.74. The molecule has 0 fully saturated rings. The second kappa shape index (κ2) is 8.54. The number of pyridine rings is 1. The van der Waals surface area contributed by atoms with Crippen molar-refractivity contribution in [2.75, 3.05) is 6.54 Å². The summed E-state index contributed by atoms with van der Waals surface area (Å²) in [5.74, 6) is -0.282. The van der Waals surface area contributed by atoms with Crippen molar-refractivity contribution in [3.63, 3.8) is 0 Å². The van der Waals surface area contributed by atoms with E-state index in [0.717, 1.165) is 0 Å². The minimum atomic E-state index is -0.610. The van der Waals surface area contributed by atoms with Crippen LogP contribution in [0.15, 0.2) is 76.7 Å². The molecular formula is C24H20FN7O2. The van der Waals surface area contributed by atoms with Gasteiger partial charge in [0.2, 0.25) is 0 Å². The van der Waals surface area contributed by atoms with E-state index in [1.807, 2.05) is 29.7 Å². The lowest BCUT2D eigenvalue weighted by Crippen LogP contribution is -2.41. The number of aromatic nitrogens is 4. The van der Waals surface area contributed by atoms with Gasteiger partial charge in [-0.05, 0) is 42.8 Å². The van der Waals surface area contributed by atoms with Crippen molar-refractivity contribution in [3.8, 4) is 11.5 Å². The minimum absolute atomic E-state index is 0.0362. The number of hydrogen-bond acceptors (Lipinski definition) is 6. The second-order valence-corrected chi connectivity index (χ2v) is 8.22. The Morgan fingerprint density at radius 3 is 2.82 bits per heavy atom. The first-order chi connectivity index (χ1) is 16.4. The summed E-state index contributed by atoms with van der Waals surface area (Å²) in [5, 5.41) is 15.9. The summed E-state index contributed by atoms with van der Waals surface area (Å²) >= 11 is 0. The van der Waals surface area contributed by atoms with Crippen LogP contribution < -0.4 is 0 Å².